The van der Waals surface area contributed by atoms with E-state index in [1.165, 1.54) is 0 Å². The molecule has 0 saturated carbocycles. The molecule has 7 nitrogen and oxygen atoms in total. The van der Waals surface area contributed by atoms with Crippen molar-refractivity contribution in [2.45, 2.75) is 18.4 Å². The fourth-order valence-electron chi connectivity index (χ4n) is 4.33. The number of aliphatic hydroxyl groups is 1. The molecule has 2 unspecified atom stereocenters. The van der Waals surface area contributed by atoms with Gasteiger partial charge in [0.2, 0.25) is 0 Å². The van der Waals surface area contributed by atoms with Gasteiger partial charge in [0.15, 0.2) is 0 Å². The van der Waals surface area contributed by atoms with Crippen LogP contribution in [-0.4, -0.2) is 82.6 Å². The minimum Gasteiger partial charge on any atom is -0.389 e. The van der Waals surface area contributed by atoms with Gasteiger partial charge in [0.1, 0.15) is 0 Å². The Kier molecular flexibility index (Phi) is 4.71. The summed E-state index contributed by atoms with van der Waals surface area (Å²) in [5.41, 5.74) is 0.688. The predicted octanol–water partition coefficient (Wildman–Crippen LogP) is 1.82. The molecule has 3 amide bonds. The van der Waals surface area contributed by atoms with Gasteiger partial charge in [-0.2, -0.15) is 0 Å². The Morgan fingerprint density at radius 3 is 2.61 bits per heavy atom. The highest BCUT2D eigenvalue weighted by Crippen LogP contribution is 2.36. The van der Waals surface area contributed by atoms with Crippen LogP contribution in [0, 0.1) is 5.92 Å². The molecule has 4 rings (SSSR count). The molecule has 1 aromatic carbocycles. The molecule has 2 atom stereocenters. The van der Waals surface area contributed by atoms with Gasteiger partial charge in [-0.05, 0) is 37.1 Å². The van der Waals surface area contributed by atoms with Crippen molar-refractivity contribution in [2.75, 3.05) is 40.3 Å². The highest BCUT2D eigenvalue weighted by Gasteiger charge is 2.47. The first kappa shape index (κ1) is 18.7. The van der Waals surface area contributed by atoms with E-state index in [4.69, 9.17) is 0 Å². The first-order valence-electron chi connectivity index (χ1n) is 9.70. The number of benzene rings is 1. The van der Waals surface area contributed by atoms with Gasteiger partial charge >= 0.3 is 6.03 Å². The standard InChI is InChI=1S/C21H26N4O3/c1-23(2)20(27)25-11-8-21(28)7-10-24(13-17(21)14-25)19(26)16-5-6-18-15(12-16)4-3-9-22-18/h3-6,9,12,17,28H,7-8,10-11,13-14H2,1-2H3. The molecule has 0 bridgehead atoms. The predicted molar refractivity (Wildman–Crippen MR) is 106 cm³/mol. The lowest BCUT2D eigenvalue weighted by Gasteiger charge is -2.50. The number of urea groups is 1. The Balaban J connectivity index is 1.51. The Bertz CT molecular complexity index is 915. The lowest BCUT2D eigenvalue weighted by molar-refractivity contribution is -0.100. The smallest absolute Gasteiger partial charge is 0.319 e. The molecule has 2 saturated heterocycles. The molecule has 7 heteroatoms. The first-order chi connectivity index (χ1) is 13.4. The van der Waals surface area contributed by atoms with Crippen molar-refractivity contribution in [3.8, 4) is 0 Å². The van der Waals surface area contributed by atoms with Crippen LogP contribution in [0.15, 0.2) is 36.5 Å². The van der Waals surface area contributed by atoms with Crippen molar-refractivity contribution in [2.24, 2.45) is 5.92 Å². The maximum Gasteiger partial charge on any atom is 0.319 e. The lowest BCUT2D eigenvalue weighted by atomic mass is 9.75. The topological polar surface area (TPSA) is 77.0 Å². The number of aromatic nitrogens is 1. The number of likely N-dealkylation sites (tertiary alicyclic amines) is 2. The number of rotatable bonds is 1. The van der Waals surface area contributed by atoms with Crippen molar-refractivity contribution in [3.05, 3.63) is 42.1 Å². The molecule has 0 spiro atoms. The maximum atomic E-state index is 13.1. The molecule has 3 heterocycles. The Labute approximate surface area is 164 Å². The number of carbonyl (C=O) groups is 2. The van der Waals surface area contributed by atoms with Crippen LogP contribution in [0.3, 0.4) is 0 Å². The molecule has 2 aliphatic heterocycles. The molecule has 2 fully saturated rings. The zero-order chi connectivity index (χ0) is 19.9. The monoisotopic (exact) mass is 382 g/mol. The van der Waals surface area contributed by atoms with Crippen LogP contribution >= 0.6 is 0 Å². The van der Waals surface area contributed by atoms with Crippen LogP contribution in [0.4, 0.5) is 4.79 Å². The van der Waals surface area contributed by atoms with E-state index in [0.717, 1.165) is 10.9 Å². The molecular formula is C21H26N4O3. The fraction of sp³-hybridized carbons (Fsp3) is 0.476. The van der Waals surface area contributed by atoms with Crippen LogP contribution in [0.1, 0.15) is 23.2 Å². The van der Waals surface area contributed by atoms with E-state index in [2.05, 4.69) is 4.98 Å². The van der Waals surface area contributed by atoms with E-state index < -0.39 is 5.60 Å². The van der Waals surface area contributed by atoms with Gasteiger partial charge in [-0.25, -0.2) is 4.79 Å². The van der Waals surface area contributed by atoms with Gasteiger partial charge in [0.05, 0.1) is 11.1 Å². The summed E-state index contributed by atoms with van der Waals surface area (Å²) >= 11 is 0. The zero-order valence-corrected chi connectivity index (χ0v) is 16.3. The van der Waals surface area contributed by atoms with E-state index in [-0.39, 0.29) is 17.9 Å². The number of amides is 3. The molecule has 148 valence electrons. The van der Waals surface area contributed by atoms with Crippen molar-refractivity contribution in [1.29, 1.82) is 0 Å². The molecular weight excluding hydrogens is 356 g/mol. The van der Waals surface area contributed by atoms with Gasteiger partial charge in [0.25, 0.3) is 5.91 Å². The highest BCUT2D eigenvalue weighted by molar-refractivity contribution is 5.98. The third-order valence-electron chi connectivity index (χ3n) is 6.06. The second-order valence-electron chi connectivity index (χ2n) is 8.09. The number of carbonyl (C=O) groups excluding carboxylic acids is 2. The van der Waals surface area contributed by atoms with Crippen molar-refractivity contribution in [1.82, 2.24) is 19.7 Å². The van der Waals surface area contributed by atoms with Crippen LogP contribution in [0.5, 0.6) is 0 Å². The fourth-order valence-corrected chi connectivity index (χ4v) is 4.33. The SMILES string of the molecule is CN(C)C(=O)N1CCC2(O)CCN(C(=O)c3ccc4ncccc4c3)CC2C1. The first-order valence-corrected chi connectivity index (χ1v) is 9.70. The number of hydrogen-bond acceptors (Lipinski definition) is 4. The second kappa shape index (κ2) is 7.05. The molecule has 2 aliphatic rings. The average molecular weight is 382 g/mol. The van der Waals surface area contributed by atoms with Crippen LogP contribution in [0.2, 0.25) is 0 Å². The number of pyridine rings is 1. The molecule has 0 aliphatic carbocycles. The summed E-state index contributed by atoms with van der Waals surface area (Å²) in [6.45, 7) is 2.00. The average Bonchev–Trinajstić information content (AvgIpc) is 2.71. The lowest BCUT2D eigenvalue weighted by Crippen LogP contribution is -2.62. The minimum absolute atomic E-state index is 0.0381. The van der Waals surface area contributed by atoms with Gasteiger partial charge in [-0.15, -0.1) is 0 Å². The molecule has 1 aromatic heterocycles. The summed E-state index contributed by atoms with van der Waals surface area (Å²) in [5, 5.41) is 12.0. The molecule has 2 aromatic rings. The number of fused-ring (bicyclic) bond motifs is 2. The van der Waals surface area contributed by atoms with Crippen LogP contribution in [-0.2, 0) is 0 Å². The summed E-state index contributed by atoms with van der Waals surface area (Å²) in [6.07, 6.45) is 2.84. The van der Waals surface area contributed by atoms with E-state index >= 15 is 0 Å². The van der Waals surface area contributed by atoms with E-state index in [1.807, 2.05) is 24.3 Å². The Morgan fingerprint density at radius 1 is 1.14 bits per heavy atom. The second-order valence-corrected chi connectivity index (χ2v) is 8.09. The van der Waals surface area contributed by atoms with Crippen LogP contribution in [0.25, 0.3) is 10.9 Å². The Hall–Kier alpha value is -2.67. The molecule has 0 radical (unpaired) electrons. The number of piperidine rings is 2. The van der Waals surface area contributed by atoms with Gasteiger partial charge in [-0.3, -0.25) is 9.78 Å². The largest absolute Gasteiger partial charge is 0.389 e. The Morgan fingerprint density at radius 2 is 1.86 bits per heavy atom. The molecule has 1 N–H and O–H groups in total. The quantitative estimate of drug-likeness (QED) is 0.816. The van der Waals surface area contributed by atoms with Gasteiger partial charge < -0.3 is 19.8 Å². The normalized spacial score (nSPS) is 24.8. The highest BCUT2D eigenvalue weighted by atomic mass is 16.3. The summed E-state index contributed by atoms with van der Waals surface area (Å²) in [6, 6.07) is 9.29. The van der Waals surface area contributed by atoms with E-state index in [1.54, 1.807) is 41.1 Å². The summed E-state index contributed by atoms with van der Waals surface area (Å²) in [5.74, 6) is -0.172. The molecule has 28 heavy (non-hydrogen) atoms. The van der Waals surface area contributed by atoms with Crippen molar-refractivity contribution < 1.29 is 14.7 Å². The number of hydrogen-bond donors (Lipinski definition) is 1. The number of nitrogens with zero attached hydrogens (tertiary/aromatic N) is 4. The summed E-state index contributed by atoms with van der Waals surface area (Å²) in [7, 11) is 3.46. The van der Waals surface area contributed by atoms with E-state index in [9.17, 15) is 14.7 Å². The maximum absolute atomic E-state index is 13.1. The third-order valence-corrected chi connectivity index (χ3v) is 6.06. The van der Waals surface area contributed by atoms with Gasteiger partial charge in [-0.1, -0.05) is 6.07 Å². The summed E-state index contributed by atoms with van der Waals surface area (Å²) in [4.78, 5) is 34.8. The van der Waals surface area contributed by atoms with Gasteiger partial charge in [0, 0.05) is 63.3 Å². The van der Waals surface area contributed by atoms with Crippen LogP contribution < -0.4 is 0 Å². The third kappa shape index (κ3) is 3.30. The minimum atomic E-state index is -0.798. The summed E-state index contributed by atoms with van der Waals surface area (Å²) < 4.78 is 0. The zero-order valence-electron chi connectivity index (χ0n) is 16.3. The van der Waals surface area contributed by atoms with E-state index in [0.29, 0.717) is 44.6 Å². The van der Waals surface area contributed by atoms with Crippen molar-refractivity contribution >= 4 is 22.8 Å². The van der Waals surface area contributed by atoms with Crippen molar-refractivity contribution in [3.63, 3.8) is 0 Å².